The van der Waals surface area contributed by atoms with Gasteiger partial charge in [0.05, 0.1) is 17.3 Å². The van der Waals surface area contributed by atoms with E-state index in [-0.39, 0.29) is 5.92 Å². The van der Waals surface area contributed by atoms with Crippen LogP contribution in [0.3, 0.4) is 0 Å². The molecule has 0 amide bonds. The lowest BCUT2D eigenvalue weighted by atomic mass is 10.2. The van der Waals surface area contributed by atoms with Crippen molar-refractivity contribution in [2.75, 3.05) is 6.61 Å². The van der Waals surface area contributed by atoms with Crippen molar-refractivity contribution in [2.24, 2.45) is 5.10 Å². The second-order valence-corrected chi connectivity index (χ2v) is 6.38. The molecule has 5 nitrogen and oxygen atoms in total. The van der Waals surface area contributed by atoms with Crippen molar-refractivity contribution in [1.29, 1.82) is 0 Å². The molecule has 22 heavy (non-hydrogen) atoms. The Morgan fingerprint density at radius 1 is 1.50 bits per heavy atom. The van der Waals surface area contributed by atoms with Crippen LogP contribution in [-0.2, 0) is 0 Å². The topological polar surface area (TPSA) is 55.2 Å². The third kappa shape index (κ3) is 4.04. The van der Waals surface area contributed by atoms with Gasteiger partial charge in [-0.3, -0.25) is 5.10 Å². The maximum Gasteiger partial charge on any atom is 0.216 e. The molecule has 0 aliphatic rings. The van der Waals surface area contributed by atoms with E-state index in [2.05, 4.69) is 38.2 Å². The Morgan fingerprint density at radius 3 is 2.91 bits per heavy atom. The third-order valence-electron chi connectivity index (χ3n) is 2.93. The highest BCUT2D eigenvalue weighted by Gasteiger charge is 2.09. The van der Waals surface area contributed by atoms with E-state index in [1.54, 1.807) is 10.9 Å². The van der Waals surface area contributed by atoms with Gasteiger partial charge in [0.2, 0.25) is 4.77 Å². The maximum atomic E-state index is 5.63. The lowest BCUT2D eigenvalue weighted by Crippen LogP contribution is -2.01. The molecule has 0 saturated carbocycles. The molecule has 1 aromatic carbocycles. The standard InChI is InChI=1S/C15H19BrN4OS/c1-4-7-21-13-6-5-11(8-12(13)16)9-17-20-14(10(2)3)18-19-15(20)22/h5-6,8-10H,4,7H2,1-3H3,(H,19,22)/b17-9-. The van der Waals surface area contributed by atoms with Crippen molar-refractivity contribution in [1.82, 2.24) is 14.9 Å². The number of aromatic nitrogens is 3. The molecule has 1 heterocycles. The Labute approximate surface area is 143 Å². The first-order valence-electron chi connectivity index (χ1n) is 7.17. The van der Waals surface area contributed by atoms with Crippen LogP contribution >= 0.6 is 28.1 Å². The largest absolute Gasteiger partial charge is 0.492 e. The third-order valence-corrected chi connectivity index (χ3v) is 3.82. The first-order chi connectivity index (χ1) is 10.5. The van der Waals surface area contributed by atoms with Crippen molar-refractivity contribution in [2.45, 2.75) is 33.1 Å². The molecule has 0 spiro atoms. The van der Waals surface area contributed by atoms with Crippen LogP contribution in [0, 0.1) is 4.77 Å². The van der Waals surface area contributed by atoms with Crippen LogP contribution in [0.5, 0.6) is 5.75 Å². The first kappa shape index (κ1) is 16.9. The number of aromatic amines is 1. The highest BCUT2D eigenvalue weighted by Crippen LogP contribution is 2.25. The minimum absolute atomic E-state index is 0.238. The van der Waals surface area contributed by atoms with Gasteiger partial charge in [-0.25, -0.2) is 0 Å². The van der Waals surface area contributed by atoms with Crippen LogP contribution in [0.15, 0.2) is 27.8 Å². The van der Waals surface area contributed by atoms with Crippen molar-refractivity contribution < 1.29 is 4.74 Å². The molecule has 0 saturated heterocycles. The van der Waals surface area contributed by atoms with E-state index in [1.807, 2.05) is 32.0 Å². The number of nitrogens with one attached hydrogen (secondary N) is 1. The number of nitrogens with zero attached hydrogens (tertiary/aromatic N) is 3. The summed E-state index contributed by atoms with van der Waals surface area (Å²) in [5.41, 5.74) is 0.952. The smallest absolute Gasteiger partial charge is 0.216 e. The molecule has 0 unspecified atom stereocenters. The lowest BCUT2D eigenvalue weighted by molar-refractivity contribution is 0.315. The van der Waals surface area contributed by atoms with E-state index in [4.69, 9.17) is 17.0 Å². The zero-order chi connectivity index (χ0) is 16.1. The van der Waals surface area contributed by atoms with Crippen LogP contribution < -0.4 is 4.74 Å². The van der Waals surface area contributed by atoms with Crippen molar-refractivity contribution in [3.8, 4) is 5.75 Å². The van der Waals surface area contributed by atoms with Gasteiger partial charge in [0, 0.05) is 5.92 Å². The van der Waals surface area contributed by atoms with Gasteiger partial charge in [0.15, 0.2) is 5.82 Å². The maximum absolute atomic E-state index is 5.63. The van der Waals surface area contributed by atoms with E-state index in [9.17, 15) is 0 Å². The second kappa shape index (κ2) is 7.69. The fourth-order valence-corrected chi connectivity index (χ4v) is 2.54. The van der Waals surface area contributed by atoms with Gasteiger partial charge in [-0.15, -0.1) is 0 Å². The van der Waals surface area contributed by atoms with Gasteiger partial charge in [-0.2, -0.15) is 14.9 Å². The summed E-state index contributed by atoms with van der Waals surface area (Å²) in [6.45, 7) is 6.88. The lowest BCUT2D eigenvalue weighted by Gasteiger charge is -2.07. The Kier molecular flexibility index (Phi) is 5.90. The minimum Gasteiger partial charge on any atom is -0.492 e. The molecule has 2 rings (SSSR count). The summed E-state index contributed by atoms with van der Waals surface area (Å²) in [7, 11) is 0. The normalized spacial score (nSPS) is 11.5. The van der Waals surface area contributed by atoms with Crippen LogP contribution in [0.25, 0.3) is 0 Å². The van der Waals surface area contributed by atoms with Crippen molar-refractivity contribution in [3.63, 3.8) is 0 Å². The summed E-state index contributed by atoms with van der Waals surface area (Å²) in [5, 5.41) is 11.4. The van der Waals surface area contributed by atoms with E-state index in [0.29, 0.717) is 11.4 Å². The quantitative estimate of drug-likeness (QED) is 0.590. The molecule has 0 aliphatic heterocycles. The predicted molar refractivity (Wildman–Crippen MR) is 94.4 cm³/mol. The Bertz CT molecular complexity index is 721. The summed E-state index contributed by atoms with van der Waals surface area (Å²) in [6.07, 6.45) is 2.73. The number of hydrogen-bond acceptors (Lipinski definition) is 4. The Hall–Kier alpha value is -1.47. The summed E-state index contributed by atoms with van der Waals surface area (Å²) in [6, 6.07) is 5.85. The van der Waals surface area contributed by atoms with E-state index >= 15 is 0 Å². The SMILES string of the molecule is CCCOc1ccc(/C=N\n2c(C(C)C)n[nH]c2=S)cc1Br. The molecule has 0 radical (unpaired) electrons. The van der Waals surface area contributed by atoms with Crippen molar-refractivity contribution in [3.05, 3.63) is 38.8 Å². The fourth-order valence-electron chi connectivity index (χ4n) is 1.84. The summed E-state index contributed by atoms with van der Waals surface area (Å²) >= 11 is 8.72. The number of benzene rings is 1. The number of halogens is 1. The molecule has 118 valence electrons. The van der Waals surface area contributed by atoms with Crippen molar-refractivity contribution >= 4 is 34.4 Å². The van der Waals surface area contributed by atoms with Gasteiger partial charge in [0.1, 0.15) is 5.75 Å². The monoisotopic (exact) mass is 382 g/mol. The molecule has 0 aliphatic carbocycles. The number of hydrogen-bond donors (Lipinski definition) is 1. The van der Waals surface area contributed by atoms with Crippen LogP contribution in [0.1, 0.15) is 44.5 Å². The second-order valence-electron chi connectivity index (χ2n) is 5.14. The van der Waals surface area contributed by atoms with Gasteiger partial charge in [-0.05, 0) is 58.3 Å². The highest BCUT2D eigenvalue weighted by atomic mass is 79.9. The molecule has 1 aromatic heterocycles. The van der Waals surface area contributed by atoms with Crippen LogP contribution in [-0.4, -0.2) is 27.7 Å². The van der Waals surface area contributed by atoms with Gasteiger partial charge in [0.25, 0.3) is 0 Å². The predicted octanol–water partition coefficient (Wildman–Crippen LogP) is 4.50. The molecule has 0 fully saturated rings. The molecule has 0 atom stereocenters. The number of rotatable bonds is 6. The number of H-pyrrole nitrogens is 1. The molecular weight excluding hydrogens is 364 g/mol. The van der Waals surface area contributed by atoms with E-state index in [1.165, 1.54) is 0 Å². The molecule has 7 heteroatoms. The summed E-state index contributed by atoms with van der Waals surface area (Å²) in [4.78, 5) is 0. The molecular formula is C15H19BrN4OS. The minimum atomic E-state index is 0.238. The fraction of sp³-hybridized carbons (Fsp3) is 0.400. The average Bonchev–Trinajstić information content (AvgIpc) is 2.85. The van der Waals surface area contributed by atoms with Gasteiger partial charge >= 0.3 is 0 Å². The van der Waals surface area contributed by atoms with Crippen LogP contribution in [0.2, 0.25) is 0 Å². The van der Waals surface area contributed by atoms with Crippen LogP contribution in [0.4, 0.5) is 0 Å². The summed E-state index contributed by atoms with van der Waals surface area (Å²) in [5.74, 6) is 1.88. The highest BCUT2D eigenvalue weighted by molar-refractivity contribution is 9.10. The molecule has 1 N–H and O–H groups in total. The first-order valence-corrected chi connectivity index (χ1v) is 8.37. The average molecular weight is 383 g/mol. The van der Waals surface area contributed by atoms with Gasteiger partial charge in [-0.1, -0.05) is 20.8 Å². The molecule has 0 bridgehead atoms. The zero-order valence-electron chi connectivity index (χ0n) is 12.8. The van der Waals surface area contributed by atoms with E-state index < -0.39 is 0 Å². The number of ether oxygens (including phenoxy) is 1. The Morgan fingerprint density at radius 2 is 2.27 bits per heavy atom. The Balaban J connectivity index is 2.22. The van der Waals surface area contributed by atoms with E-state index in [0.717, 1.165) is 28.0 Å². The molecule has 2 aromatic rings. The summed E-state index contributed by atoms with van der Waals surface area (Å²) < 4.78 is 8.68. The van der Waals surface area contributed by atoms with Gasteiger partial charge < -0.3 is 4.74 Å². The zero-order valence-corrected chi connectivity index (χ0v) is 15.2.